The Balaban J connectivity index is 1.94. The number of halogens is 2. The Morgan fingerprint density at radius 3 is 2.40 bits per heavy atom. The van der Waals surface area contributed by atoms with Crippen molar-refractivity contribution in [2.75, 3.05) is 5.75 Å². The van der Waals surface area contributed by atoms with Gasteiger partial charge in [-0.25, -0.2) is 0 Å². The number of thioether (sulfide) groups is 1. The number of aryl methyl sites for hydroxylation is 1. The average molecular weight is 327 g/mol. The molecule has 2 aromatic rings. The first-order chi connectivity index (χ1) is 9.56. The predicted molar refractivity (Wildman–Crippen MR) is 88.1 cm³/mol. The van der Waals surface area contributed by atoms with Gasteiger partial charge in [0.05, 0.1) is 6.10 Å². The van der Waals surface area contributed by atoms with Crippen LogP contribution in [0.15, 0.2) is 47.4 Å². The van der Waals surface area contributed by atoms with Crippen molar-refractivity contribution in [3.05, 3.63) is 63.6 Å². The fourth-order valence-electron chi connectivity index (χ4n) is 1.92. The molecule has 106 valence electrons. The van der Waals surface area contributed by atoms with Crippen molar-refractivity contribution < 1.29 is 5.11 Å². The van der Waals surface area contributed by atoms with Gasteiger partial charge in [-0.05, 0) is 36.8 Å². The zero-order chi connectivity index (χ0) is 14.5. The fourth-order valence-corrected chi connectivity index (χ4v) is 3.42. The molecule has 0 spiro atoms. The average Bonchev–Trinajstić information content (AvgIpc) is 2.41. The van der Waals surface area contributed by atoms with E-state index in [4.69, 9.17) is 23.2 Å². The lowest BCUT2D eigenvalue weighted by Crippen LogP contribution is -2.14. The second-order valence-corrected chi connectivity index (χ2v) is 6.59. The maximum atomic E-state index is 10.1. The SMILES string of the molecule is Cc1cccc(SCC(O)Cc2c(Cl)cccc2Cl)c1. The van der Waals surface area contributed by atoms with E-state index in [0.717, 1.165) is 10.5 Å². The third-order valence-corrected chi connectivity index (χ3v) is 4.78. The molecule has 2 aromatic carbocycles. The van der Waals surface area contributed by atoms with Crippen molar-refractivity contribution in [2.45, 2.75) is 24.3 Å². The Labute approximate surface area is 133 Å². The van der Waals surface area contributed by atoms with Crippen LogP contribution in [0, 0.1) is 6.92 Å². The Morgan fingerprint density at radius 1 is 1.10 bits per heavy atom. The van der Waals surface area contributed by atoms with Gasteiger partial charge in [0.15, 0.2) is 0 Å². The lowest BCUT2D eigenvalue weighted by atomic mass is 10.1. The van der Waals surface area contributed by atoms with Gasteiger partial charge in [0.1, 0.15) is 0 Å². The first-order valence-corrected chi connectivity index (χ1v) is 8.11. The number of hydrogen-bond donors (Lipinski definition) is 1. The van der Waals surface area contributed by atoms with Crippen LogP contribution in [0.3, 0.4) is 0 Å². The summed E-state index contributed by atoms with van der Waals surface area (Å²) in [5, 5.41) is 11.4. The standard InChI is InChI=1S/C16H16Cl2OS/c1-11-4-2-5-13(8-11)20-10-12(19)9-14-15(17)6-3-7-16(14)18/h2-8,12,19H,9-10H2,1H3. The molecule has 0 aliphatic heterocycles. The lowest BCUT2D eigenvalue weighted by molar-refractivity contribution is 0.200. The number of aliphatic hydroxyl groups excluding tert-OH is 1. The molecule has 4 heteroatoms. The molecular formula is C16H16Cl2OS. The summed E-state index contributed by atoms with van der Waals surface area (Å²) in [6.45, 7) is 2.06. The van der Waals surface area contributed by atoms with Gasteiger partial charge < -0.3 is 5.11 Å². The maximum absolute atomic E-state index is 10.1. The van der Waals surface area contributed by atoms with Crippen LogP contribution in [-0.2, 0) is 6.42 Å². The molecule has 0 saturated carbocycles. The largest absolute Gasteiger partial charge is 0.392 e. The normalized spacial score (nSPS) is 12.4. The van der Waals surface area contributed by atoms with Crippen LogP contribution < -0.4 is 0 Å². The van der Waals surface area contributed by atoms with Crippen molar-refractivity contribution in [3.63, 3.8) is 0 Å². The quantitative estimate of drug-likeness (QED) is 0.780. The molecule has 20 heavy (non-hydrogen) atoms. The summed E-state index contributed by atoms with van der Waals surface area (Å²) in [5.74, 6) is 0.616. The highest BCUT2D eigenvalue weighted by Crippen LogP contribution is 2.27. The van der Waals surface area contributed by atoms with Crippen LogP contribution in [0.2, 0.25) is 10.0 Å². The fraction of sp³-hybridized carbons (Fsp3) is 0.250. The highest BCUT2D eigenvalue weighted by atomic mass is 35.5. The zero-order valence-corrected chi connectivity index (χ0v) is 13.5. The molecule has 0 aliphatic carbocycles. The molecule has 2 rings (SSSR count). The molecule has 1 unspecified atom stereocenters. The highest BCUT2D eigenvalue weighted by Gasteiger charge is 2.12. The number of benzene rings is 2. The molecule has 0 radical (unpaired) electrons. The Hall–Kier alpha value is -0.670. The van der Waals surface area contributed by atoms with Crippen LogP contribution in [0.1, 0.15) is 11.1 Å². The predicted octanol–water partition coefficient (Wildman–Crippen LogP) is 5.00. The van der Waals surface area contributed by atoms with Crippen LogP contribution >= 0.6 is 35.0 Å². The second kappa shape index (κ2) is 7.37. The summed E-state index contributed by atoms with van der Waals surface area (Å²) in [6, 6.07) is 13.6. The minimum Gasteiger partial charge on any atom is -0.392 e. The number of rotatable bonds is 5. The number of hydrogen-bond acceptors (Lipinski definition) is 2. The van der Waals surface area contributed by atoms with Crippen LogP contribution in [0.4, 0.5) is 0 Å². The first kappa shape index (κ1) is 15.7. The Kier molecular flexibility index (Phi) is 5.79. The van der Waals surface area contributed by atoms with Crippen LogP contribution in [0.25, 0.3) is 0 Å². The Morgan fingerprint density at radius 2 is 1.75 bits per heavy atom. The summed E-state index contributed by atoms with van der Waals surface area (Å²) in [6.07, 6.45) is -0.00459. The molecule has 1 nitrogen and oxygen atoms in total. The van der Waals surface area contributed by atoms with Gasteiger partial charge in [-0.15, -0.1) is 11.8 Å². The summed E-state index contributed by atoms with van der Waals surface area (Å²) >= 11 is 13.9. The van der Waals surface area contributed by atoms with E-state index in [1.807, 2.05) is 18.2 Å². The molecule has 0 heterocycles. The van der Waals surface area contributed by atoms with Gasteiger partial charge in [-0.2, -0.15) is 0 Å². The molecule has 0 aliphatic rings. The second-order valence-electron chi connectivity index (χ2n) is 4.69. The first-order valence-electron chi connectivity index (χ1n) is 6.36. The molecule has 1 N–H and O–H groups in total. The van der Waals surface area contributed by atoms with Crippen molar-refractivity contribution in [3.8, 4) is 0 Å². The monoisotopic (exact) mass is 326 g/mol. The summed E-state index contributed by atoms with van der Waals surface area (Å²) in [5.41, 5.74) is 2.03. The van der Waals surface area contributed by atoms with E-state index in [1.54, 1.807) is 23.9 Å². The van der Waals surface area contributed by atoms with E-state index in [9.17, 15) is 5.11 Å². The van der Waals surface area contributed by atoms with Crippen molar-refractivity contribution in [1.82, 2.24) is 0 Å². The Bertz CT molecular complexity index is 566. The van der Waals surface area contributed by atoms with E-state index >= 15 is 0 Å². The topological polar surface area (TPSA) is 20.2 Å². The van der Waals surface area contributed by atoms with E-state index in [-0.39, 0.29) is 0 Å². The molecular weight excluding hydrogens is 311 g/mol. The van der Waals surface area contributed by atoms with E-state index in [2.05, 4.69) is 19.1 Å². The third kappa shape index (κ3) is 4.42. The van der Waals surface area contributed by atoms with Crippen molar-refractivity contribution in [1.29, 1.82) is 0 Å². The summed E-state index contributed by atoms with van der Waals surface area (Å²) < 4.78 is 0. The zero-order valence-electron chi connectivity index (χ0n) is 11.1. The van der Waals surface area contributed by atoms with Crippen molar-refractivity contribution >= 4 is 35.0 Å². The summed E-state index contributed by atoms with van der Waals surface area (Å²) in [4.78, 5) is 1.16. The summed E-state index contributed by atoms with van der Waals surface area (Å²) in [7, 11) is 0. The molecule has 0 bridgehead atoms. The molecule has 0 amide bonds. The highest BCUT2D eigenvalue weighted by molar-refractivity contribution is 7.99. The van der Waals surface area contributed by atoms with Crippen LogP contribution in [-0.4, -0.2) is 17.0 Å². The van der Waals surface area contributed by atoms with Gasteiger partial charge in [0, 0.05) is 27.1 Å². The van der Waals surface area contributed by atoms with E-state index in [1.165, 1.54) is 5.56 Å². The lowest BCUT2D eigenvalue weighted by Gasteiger charge is -2.13. The van der Waals surface area contributed by atoms with Gasteiger partial charge in [-0.1, -0.05) is 47.0 Å². The van der Waals surface area contributed by atoms with E-state index < -0.39 is 6.10 Å². The van der Waals surface area contributed by atoms with Gasteiger partial charge >= 0.3 is 0 Å². The third-order valence-electron chi connectivity index (χ3n) is 2.93. The molecule has 0 fully saturated rings. The maximum Gasteiger partial charge on any atom is 0.0675 e. The smallest absolute Gasteiger partial charge is 0.0675 e. The van der Waals surface area contributed by atoms with Gasteiger partial charge in [0.25, 0.3) is 0 Å². The minimum atomic E-state index is -0.474. The van der Waals surface area contributed by atoms with Gasteiger partial charge in [0.2, 0.25) is 0 Å². The molecule has 0 saturated heterocycles. The minimum absolute atomic E-state index is 0.470. The van der Waals surface area contributed by atoms with E-state index in [0.29, 0.717) is 22.2 Å². The van der Waals surface area contributed by atoms with Crippen molar-refractivity contribution in [2.24, 2.45) is 0 Å². The van der Waals surface area contributed by atoms with Crippen LogP contribution in [0.5, 0.6) is 0 Å². The molecule has 0 aromatic heterocycles. The van der Waals surface area contributed by atoms with Gasteiger partial charge in [-0.3, -0.25) is 0 Å². The molecule has 1 atom stereocenters. The number of aliphatic hydroxyl groups is 1.